The Kier molecular flexibility index (Phi) is 4.98. The molecule has 1 unspecified atom stereocenters. The molecule has 2 aromatic heterocycles. The van der Waals surface area contributed by atoms with Crippen LogP contribution in [0, 0.1) is 18.3 Å². The molecule has 4 aromatic rings. The predicted octanol–water partition coefficient (Wildman–Crippen LogP) is 4.60. The Hall–Kier alpha value is -3.69. The quantitative estimate of drug-likeness (QED) is 0.541. The maximum Gasteiger partial charge on any atom is 0.261 e. The van der Waals surface area contributed by atoms with Crippen molar-refractivity contribution < 1.29 is 4.79 Å². The monoisotopic (exact) mass is 401 g/mol. The Labute approximate surface area is 172 Å². The summed E-state index contributed by atoms with van der Waals surface area (Å²) in [6.07, 6.45) is 3.36. The molecule has 4 rings (SSSR count). The predicted molar refractivity (Wildman–Crippen MR) is 111 cm³/mol. The Morgan fingerprint density at radius 3 is 2.72 bits per heavy atom. The van der Waals surface area contributed by atoms with Crippen LogP contribution in [0.1, 0.15) is 33.1 Å². The number of nitriles is 1. The van der Waals surface area contributed by atoms with Gasteiger partial charge in [0.2, 0.25) is 0 Å². The molecule has 2 heterocycles. The highest BCUT2D eigenvalue weighted by Gasteiger charge is 2.20. The molecule has 1 amide bonds. The Bertz CT molecular complexity index is 1240. The van der Waals surface area contributed by atoms with E-state index in [2.05, 4.69) is 21.5 Å². The van der Waals surface area contributed by atoms with E-state index in [1.807, 2.05) is 30.3 Å². The van der Waals surface area contributed by atoms with Gasteiger partial charge >= 0.3 is 0 Å². The number of halogens is 1. The fraction of sp³-hybridized carbons (Fsp3) is 0.0909. The van der Waals surface area contributed by atoms with E-state index in [1.54, 1.807) is 48.1 Å². The van der Waals surface area contributed by atoms with Crippen LogP contribution in [-0.2, 0) is 0 Å². The number of nitrogens with one attached hydrogen (secondary N) is 1. The second kappa shape index (κ2) is 7.74. The van der Waals surface area contributed by atoms with Crippen molar-refractivity contribution in [1.29, 1.82) is 5.26 Å². The lowest BCUT2D eigenvalue weighted by atomic mass is 9.92. The third kappa shape index (κ3) is 3.56. The summed E-state index contributed by atoms with van der Waals surface area (Å²) in [6, 6.07) is 18.6. The molecule has 0 fully saturated rings. The van der Waals surface area contributed by atoms with Gasteiger partial charge in [0, 0.05) is 23.1 Å². The van der Waals surface area contributed by atoms with E-state index >= 15 is 0 Å². The van der Waals surface area contributed by atoms with E-state index < -0.39 is 5.92 Å². The standard InChI is InChI=1S/C22H16ClN5O/c1-14-20(21-25-10-5-11-28(21)27-14)22(29)26-16-8-9-17(19(23)12-16)18(13-24)15-6-3-2-4-7-15/h2-12,18H,1H3,(H,26,29). The fourth-order valence-corrected chi connectivity index (χ4v) is 3.55. The number of hydrogen-bond donors (Lipinski definition) is 1. The SMILES string of the molecule is Cc1nn2cccnc2c1C(=O)Nc1ccc(C(C#N)c2ccccc2)c(Cl)c1. The minimum absolute atomic E-state index is 0.320. The largest absolute Gasteiger partial charge is 0.322 e. The van der Waals surface area contributed by atoms with Gasteiger partial charge in [-0.2, -0.15) is 10.4 Å². The Morgan fingerprint density at radius 2 is 2.00 bits per heavy atom. The number of amides is 1. The zero-order chi connectivity index (χ0) is 20.4. The highest BCUT2D eigenvalue weighted by molar-refractivity contribution is 6.32. The lowest BCUT2D eigenvalue weighted by molar-refractivity contribution is 0.102. The summed E-state index contributed by atoms with van der Waals surface area (Å²) >= 11 is 6.46. The van der Waals surface area contributed by atoms with Crippen LogP contribution in [0.4, 0.5) is 5.69 Å². The minimum Gasteiger partial charge on any atom is -0.322 e. The summed E-state index contributed by atoms with van der Waals surface area (Å²) < 4.78 is 1.57. The molecule has 0 spiro atoms. The molecule has 0 aliphatic heterocycles. The average molecular weight is 402 g/mol. The summed E-state index contributed by atoms with van der Waals surface area (Å²) in [6.45, 7) is 1.76. The van der Waals surface area contributed by atoms with Crippen LogP contribution in [0.25, 0.3) is 5.65 Å². The van der Waals surface area contributed by atoms with E-state index in [0.717, 1.165) is 5.56 Å². The molecule has 0 radical (unpaired) electrons. The van der Waals surface area contributed by atoms with Crippen LogP contribution in [0.3, 0.4) is 0 Å². The third-order valence-corrected chi connectivity index (χ3v) is 4.96. The molecule has 0 bridgehead atoms. The molecule has 29 heavy (non-hydrogen) atoms. The first-order chi connectivity index (χ1) is 14.1. The third-order valence-electron chi connectivity index (χ3n) is 4.63. The number of rotatable bonds is 4. The molecule has 1 N–H and O–H groups in total. The van der Waals surface area contributed by atoms with Crippen LogP contribution >= 0.6 is 11.6 Å². The van der Waals surface area contributed by atoms with E-state index in [4.69, 9.17) is 11.6 Å². The summed E-state index contributed by atoms with van der Waals surface area (Å²) in [5.41, 5.74) is 3.55. The molecule has 0 aliphatic carbocycles. The second-order valence-electron chi connectivity index (χ2n) is 6.51. The van der Waals surface area contributed by atoms with Gasteiger partial charge in [-0.25, -0.2) is 9.50 Å². The van der Waals surface area contributed by atoms with Crippen molar-refractivity contribution in [3.8, 4) is 6.07 Å². The normalized spacial score (nSPS) is 11.8. The molecule has 7 heteroatoms. The van der Waals surface area contributed by atoms with E-state index in [1.165, 1.54) is 0 Å². The summed E-state index contributed by atoms with van der Waals surface area (Å²) in [4.78, 5) is 17.1. The first-order valence-electron chi connectivity index (χ1n) is 8.94. The van der Waals surface area contributed by atoms with Gasteiger partial charge in [0.15, 0.2) is 5.65 Å². The number of carbonyl (C=O) groups is 1. The van der Waals surface area contributed by atoms with Gasteiger partial charge in [0.25, 0.3) is 5.91 Å². The van der Waals surface area contributed by atoms with Gasteiger partial charge in [0.05, 0.1) is 17.7 Å². The summed E-state index contributed by atoms with van der Waals surface area (Å²) in [5, 5.41) is 17.2. The van der Waals surface area contributed by atoms with Crippen molar-refractivity contribution >= 4 is 28.8 Å². The molecule has 0 aliphatic rings. The summed E-state index contributed by atoms with van der Waals surface area (Å²) in [5.74, 6) is -0.806. The van der Waals surface area contributed by atoms with Crippen LogP contribution in [-0.4, -0.2) is 20.5 Å². The van der Waals surface area contributed by atoms with Crippen molar-refractivity contribution in [2.45, 2.75) is 12.8 Å². The van der Waals surface area contributed by atoms with Gasteiger partial charge < -0.3 is 5.32 Å². The molecule has 0 saturated heterocycles. The maximum absolute atomic E-state index is 12.8. The number of fused-ring (bicyclic) bond motifs is 1. The molecular weight excluding hydrogens is 386 g/mol. The maximum atomic E-state index is 12.8. The number of hydrogen-bond acceptors (Lipinski definition) is 4. The lowest BCUT2D eigenvalue weighted by Crippen LogP contribution is -2.13. The van der Waals surface area contributed by atoms with E-state index in [0.29, 0.717) is 33.2 Å². The zero-order valence-electron chi connectivity index (χ0n) is 15.5. The summed E-state index contributed by atoms with van der Waals surface area (Å²) in [7, 11) is 0. The van der Waals surface area contributed by atoms with Crippen molar-refractivity contribution in [1.82, 2.24) is 14.6 Å². The van der Waals surface area contributed by atoms with Crippen molar-refractivity contribution in [3.05, 3.63) is 94.4 Å². The highest BCUT2D eigenvalue weighted by Crippen LogP contribution is 2.32. The number of nitrogens with zero attached hydrogens (tertiary/aromatic N) is 4. The van der Waals surface area contributed by atoms with Crippen molar-refractivity contribution in [2.24, 2.45) is 0 Å². The Balaban J connectivity index is 1.62. The number of carbonyl (C=O) groups excluding carboxylic acids is 1. The van der Waals surface area contributed by atoms with Gasteiger partial charge in [-0.1, -0.05) is 48.0 Å². The zero-order valence-corrected chi connectivity index (χ0v) is 16.3. The fourth-order valence-electron chi connectivity index (χ4n) is 3.26. The first-order valence-corrected chi connectivity index (χ1v) is 9.31. The van der Waals surface area contributed by atoms with E-state index in [9.17, 15) is 10.1 Å². The number of aryl methyl sites for hydroxylation is 1. The van der Waals surface area contributed by atoms with Crippen LogP contribution in [0.5, 0.6) is 0 Å². The topological polar surface area (TPSA) is 83.1 Å². The van der Waals surface area contributed by atoms with Crippen LogP contribution < -0.4 is 5.32 Å². The molecule has 6 nitrogen and oxygen atoms in total. The van der Waals surface area contributed by atoms with Crippen molar-refractivity contribution in [2.75, 3.05) is 5.32 Å². The van der Waals surface area contributed by atoms with Gasteiger partial charge in [-0.3, -0.25) is 4.79 Å². The first kappa shape index (κ1) is 18.7. The number of benzene rings is 2. The van der Waals surface area contributed by atoms with E-state index in [-0.39, 0.29) is 5.91 Å². The lowest BCUT2D eigenvalue weighted by Gasteiger charge is -2.13. The molecule has 1 atom stereocenters. The average Bonchev–Trinajstić information content (AvgIpc) is 3.06. The molecular formula is C22H16ClN5O. The Morgan fingerprint density at radius 1 is 1.21 bits per heavy atom. The second-order valence-corrected chi connectivity index (χ2v) is 6.92. The van der Waals surface area contributed by atoms with Crippen LogP contribution in [0.2, 0.25) is 5.02 Å². The van der Waals surface area contributed by atoms with Gasteiger partial charge in [-0.15, -0.1) is 0 Å². The molecule has 0 saturated carbocycles. The van der Waals surface area contributed by atoms with Crippen molar-refractivity contribution in [3.63, 3.8) is 0 Å². The van der Waals surface area contributed by atoms with Gasteiger partial charge in [-0.05, 0) is 36.2 Å². The molecule has 142 valence electrons. The number of anilines is 1. The smallest absolute Gasteiger partial charge is 0.261 e. The number of aromatic nitrogens is 3. The molecule has 2 aromatic carbocycles. The minimum atomic E-state index is -0.487. The van der Waals surface area contributed by atoms with Crippen LogP contribution in [0.15, 0.2) is 67.0 Å². The van der Waals surface area contributed by atoms with Gasteiger partial charge in [0.1, 0.15) is 5.56 Å². The highest BCUT2D eigenvalue weighted by atomic mass is 35.5.